The number of carbonyl (C=O) groups excluding carboxylic acids is 1. The molecule has 1 nitrogen and oxygen atoms in total. The molecule has 1 heteroatoms. The average molecular weight is 263 g/mol. The second-order valence-corrected chi connectivity index (χ2v) is 5.14. The highest BCUT2D eigenvalue weighted by Crippen LogP contribution is 2.22. The van der Waals surface area contributed by atoms with Crippen molar-refractivity contribution in [3.8, 4) is 0 Å². The van der Waals surface area contributed by atoms with E-state index in [0.717, 1.165) is 11.1 Å². The SMILES string of the molecule is Cc1ccc(C(=O)C2=C[CH]2)cc1.Cc1ccc(C)cc1. The second kappa shape index (κ2) is 6.33. The number of benzene rings is 2. The van der Waals surface area contributed by atoms with Crippen LogP contribution in [0.2, 0.25) is 0 Å². The van der Waals surface area contributed by atoms with Crippen molar-refractivity contribution in [3.05, 3.63) is 88.9 Å². The third-order valence-electron chi connectivity index (χ3n) is 3.13. The summed E-state index contributed by atoms with van der Waals surface area (Å²) < 4.78 is 0. The van der Waals surface area contributed by atoms with Crippen molar-refractivity contribution in [3.63, 3.8) is 0 Å². The number of aryl methyl sites for hydroxylation is 3. The third kappa shape index (κ3) is 4.20. The van der Waals surface area contributed by atoms with Gasteiger partial charge in [0.1, 0.15) is 0 Å². The summed E-state index contributed by atoms with van der Waals surface area (Å²) in [5.41, 5.74) is 5.45. The van der Waals surface area contributed by atoms with Crippen molar-refractivity contribution in [1.82, 2.24) is 0 Å². The molecule has 0 aromatic heterocycles. The van der Waals surface area contributed by atoms with E-state index >= 15 is 0 Å². The lowest BCUT2D eigenvalue weighted by Crippen LogP contribution is -1.95. The summed E-state index contributed by atoms with van der Waals surface area (Å²) in [7, 11) is 0. The Labute approximate surface area is 121 Å². The molecule has 20 heavy (non-hydrogen) atoms. The van der Waals surface area contributed by atoms with Gasteiger partial charge in [-0.05, 0) is 20.8 Å². The van der Waals surface area contributed by atoms with E-state index in [1.807, 2.05) is 43.7 Å². The van der Waals surface area contributed by atoms with Gasteiger partial charge in [0.15, 0.2) is 5.78 Å². The lowest BCUT2D eigenvalue weighted by atomic mass is 10.1. The van der Waals surface area contributed by atoms with Gasteiger partial charge >= 0.3 is 0 Å². The lowest BCUT2D eigenvalue weighted by molar-refractivity contribution is 0.104. The van der Waals surface area contributed by atoms with E-state index in [1.165, 1.54) is 16.7 Å². The van der Waals surface area contributed by atoms with Gasteiger partial charge in [0.25, 0.3) is 0 Å². The monoisotopic (exact) mass is 263 g/mol. The number of hydrogen-bond donors (Lipinski definition) is 0. The zero-order valence-corrected chi connectivity index (χ0v) is 12.2. The number of hydrogen-bond acceptors (Lipinski definition) is 1. The first-order valence-electron chi connectivity index (χ1n) is 6.76. The van der Waals surface area contributed by atoms with E-state index in [2.05, 4.69) is 38.1 Å². The van der Waals surface area contributed by atoms with E-state index in [1.54, 1.807) is 0 Å². The lowest BCUT2D eigenvalue weighted by Gasteiger charge is -1.96. The number of carbonyl (C=O) groups is 1. The van der Waals surface area contributed by atoms with Gasteiger partial charge in [0.2, 0.25) is 0 Å². The standard InChI is InChI=1S/C11H9O.C8H10/c1-8-2-4-9(5-3-8)11(12)10-6-7-10;1-7-3-5-8(2)6-4-7/h2-7H,1H3;3-6H,1-2H3. The molecule has 0 fully saturated rings. The number of Topliss-reactive ketones (excluding diaryl/α,β-unsaturated/α-hetero) is 1. The summed E-state index contributed by atoms with van der Waals surface area (Å²) in [6.45, 7) is 6.20. The molecule has 0 aliphatic heterocycles. The summed E-state index contributed by atoms with van der Waals surface area (Å²) >= 11 is 0. The smallest absolute Gasteiger partial charge is 0.189 e. The van der Waals surface area contributed by atoms with E-state index in [4.69, 9.17) is 0 Å². The van der Waals surface area contributed by atoms with E-state index in [0.29, 0.717) is 0 Å². The van der Waals surface area contributed by atoms with Crippen LogP contribution in [-0.2, 0) is 0 Å². The van der Waals surface area contributed by atoms with E-state index in [-0.39, 0.29) is 5.78 Å². The van der Waals surface area contributed by atoms with Crippen LogP contribution < -0.4 is 0 Å². The van der Waals surface area contributed by atoms with Gasteiger partial charge in [0, 0.05) is 17.6 Å². The maximum Gasteiger partial charge on any atom is 0.189 e. The Morgan fingerprint density at radius 1 is 0.700 bits per heavy atom. The summed E-state index contributed by atoms with van der Waals surface area (Å²) in [5, 5.41) is 0. The van der Waals surface area contributed by atoms with Gasteiger partial charge in [0.05, 0.1) is 0 Å². The first-order chi connectivity index (χ1) is 9.56. The van der Waals surface area contributed by atoms with Crippen LogP contribution in [0, 0.1) is 27.2 Å². The van der Waals surface area contributed by atoms with Crippen LogP contribution >= 0.6 is 0 Å². The van der Waals surface area contributed by atoms with Crippen molar-refractivity contribution in [2.24, 2.45) is 0 Å². The molecule has 1 radical (unpaired) electrons. The number of allylic oxidation sites excluding steroid dienone is 2. The Morgan fingerprint density at radius 2 is 1.05 bits per heavy atom. The van der Waals surface area contributed by atoms with Gasteiger partial charge in [-0.3, -0.25) is 4.79 Å². The highest BCUT2D eigenvalue weighted by Gasteiger charge is 2.18. The fourth-order valence-electron chi connectivity index (χ4n) is 1.70. The molecule has 0 spiro atoms. The second-order valence-electron chi connectivity index (χ2n) is 5.14. The Hall–Kier alpha value is -2.15. The molecule has 1 aliphatic carbocycles. The van der Waals surface area contributed by atoms with E-state index in [9.17, 15) is 4.79 Å². The summed E-state index contributed by atoms with van der Waals surface area (Å²) in [4.78, 5) is 11.4. The fourth-order valence-corrected chi connectivity index (χ4v) is 1.70. The van der Waals surface area contributed by atoms with Crippen LogP contribution in [0.15, 0.2) is 60.2 Å². The van der Waals surface area contributed by atoms with Crippen LogP contribution in [0.4, 0.5) is 0 Å². The minimum Gasteiger partial charge on any atom is -0.289 e. The minimum absolute atomic E-state index is 0.134. The van der Waals surface area contributed by atoms with Gasteiger partial charge in [-0.25, -0.2) is 0 Å². The van der Waals surface area contributed by atoms with Gasteiger partial charge in [-0.1, -0.05) is 71.3 Å². The van der Waals surface area contributed by atoms with Crippen LogP contribution in [-0.4, -0.2) is 5.78 Å². The van der Waals surface area contributed by atoms with Crippen LogP contribution in [0.3, 0.4) is 0 Å². The normalized spacial score (nSPS) is 12.1. The van der Waals surface area contributed by atoms with Crippen molar-refractivity contribution < 1.29 is 4.79 Å². The average Bonchev–Trinajstić information content (AvgIpc) is 3.27. The molecule has 2 aromatic rings. The van der Waals surface area contributed by atoms with Crippen molar-refractivity contribution in [2.75, 3.05) is 0 Å². The maximum atomic E-state index is 11.4. The molecule has 0 N–H and O–H groups in total. The zero-order chi connectivity index (χ0) is 14.5. The van der Waals surface area contributed by atoms with E-state index < -0.39 is 0 Å². The topological polar surface area (TPSA) is 17.1 Å². The predicted molar refractivity (Wildman–Crippen MR) is 83.8 cm³/mol. The minimum atomic E-state index is 0.134. The molecule has 1 aliphatic rings. The van der Waals surface area contributed by atoms with Crippen LogP contribution in [0.1, 0.15) is 27.0 Å². The summed E-state index contributed by atoms with van der Waals surface area (Å²) in [5.74, 6) is 0.134. The summed E-state index contributed by atoms with van der Waals surface area (Å²) in [6, 6.07) is 16.1. The van der Waals surface area contributed by atoms with Gasteiger partial charge < -0.3 is 0 Å². The quantitative estimate of drug-likeness (QED) is 0.722. The van der Waals surface area contributed by atoms with Gasteiger partial charge in [-0.15, -0.1) is 0 Å². The highest BCUT2D eigenvalue weighted by atomic mass is 16.1. The molecule has 2 aromatic carbocycles. The number of rotatable bonds is 2. The third-order valence-corrected chi connectivity index (χ3v) is 3.13. The molecule has 0 unspecified atom stereocenters. The molecule has 0 heterocycles. The molecule has 0 bridgehead atoms. The molecular formula is C19H19O. The predicted octanol–water partition coefficient (Wildman–Crippen LogP) is 4.63. The van der Waals surface area contributed by atoms with Crippen LogP contribution in [0.5, 0.6) is 0 Å². The fraction of sp³-hybridized carbons (Fsp3) is 0.158. The summed E-state index contributed by atoms with van der Waals surface area (Å²) in [6.07, 6.45) is 3.67. The molecule has 0 amide bonds. The molecular weight excluding hydrogens is 244 g/mol. The first-order valence-corrected chi connectivity index (χ1v) is 6.76. The Morgan fingerprint density at radius 3 is 1.40 bits per heavy atom. The molecule has 0 atom stereocenters. The Bertz CT molecular complexity index is 595. The number of ketones is 1. The highest BCUT2D eigenvalue weighted by molar-refractivity contribution is 6.13. The van der Waals surface area contributed by atoms with Crippen molar-refractivity contribution in [1.29, 1.82) is 0 Å². The maximum absolute atomic E-state index is 11.4. The molecule has 3 rings (SSSR count). The van der Waals surface area contributed by atoms with Crippen LogP contribution in [0.25, 0.3) is 0 Å². The molecule has 101 valence electrons. The zero-order valence-electron chi connectivity index (χ0n) is 12.2. The molecule has 0 saturated heterocycles. The first kappa shape index (κ1) is 14.3. The molecule has 0 saturated carbocycles. The van der Waals surface area contributed by atoms with Gasteiger partial charge in [-0.2, -0.15) is 0 Å². The van der Waals surface area contributed by atoms with Crippen molar-refractivity contribution in [2.45, 2.75) is 20.8 Å². The largest absolute Gasteiger partial charge is 0.289 e. The Balaban J connectivity index is 0.000000160. The van der Waals surface area contributed by atoms with Crippen molar-refractivity contribution >= 4 is 5.78 Å². The Kier molecular flexibility index (Phi) is 4.52.